The van der Waals surface area contributed by atoms with E-state index >= 15 is 0 Å². The Morgan fingerprint density at radius 3 is 2.15 bits per heavy atom. The third-order valence-corrected chi connectivity index (χ3v) is 7.22. The maximum Gasteiger partial charge on any atom is 0.316 e. The zero-order chi connectivity index (χ0) is 19.6. The van der Waals surface area contributed by atoms with Gasteiger partial charge in [0.05, 0.1) is 0 Å². The number of nitrogens with one attached hydrogen (secondary N) is 1. The third kappa shape index (κ3) is 4.47. The molecule has 0 bridgehead atoms. The molecule has 1 aromatic heterocycles. The van der Waals surface area contributed by atoms with Crippen LogP contribution in [0.2, 0.25) is 0 Å². The van der Waals surface area contributed by atoms with Crippen molar-refractivity contribution < 1.29 is 9.18 Å². The maximum atomic E-state index is 12.9. The van der Waals surface area contributed by atoms with Gasteiger partial charge in [0.25, 0.3) is 0 Å². The van der Waals surface area contributed by atoms with Crippen LogP contribution < -0.4 is 16.2 Å². The molecular weight excluding hydrogens is 381 g/mol. The van der Waals surface area contributed by atoms with Crippen LogP contribution in [0.1, 0.15) is 59.7 Å². The molecule has 0 radical (unpaired) electrons. The van der Waals surface area contributed by atoms with Crippen LogP contribution in [0.15, 0.2) is 16.3 Å². The van der Waals surface area contributed by atoms with Crippen LogP contribution in [0.25, 0.3) is 0 Å². The average Bonchev–Trinajstić information content (AvgIpc) is 3.33. The molecule has 2 amide bonds. The van der Waals surface area contributed by atoms with E-state index in [2.05, 4.69) is 11.4 Å². The summed E-state index contributed by atoms with van der Waals surface area (Å²) in [7, 11) is 0. The lowest BCUT2D eigenvalue weighted by molar-refractivity contribution is 0.259. The van der Waals surface area contributed by atoms with E-state index in [1.54, 1.807) is 6.07 Å². The normalized spacial score (nSPS) is 14.6. The number of fused-ring (bicyclic) bond motifs is 2. The minimum atomic E-state index is -0.436. The summed E-state index contributed by atoms with van der Waals surface area (Å²) in [4.78, 5) is 12.1. The number of halogens is 1. The first-order chi connectivity index (χ1) is 12.9. The van der Waals surface area contributed by atoms with Crippen molar-refractivity contribution in [3.63, 3.8) is 0 Å². The predicted octanol–water partition coefficient (Wildman–Crippen LogP) is 5.13. The van der Waals surface area contributed by atoms with Crippen molar-refractivity contribution in [3.8, 4) is 0 Å². The van der Waals surface area contributed by atoms with E-state index < -0.39 is 6.03 Å². The van der Waals surface area contributed by atoms with E-state index in [9.17, 15) is 9.18 Å². The maximum absolute atomic E-state index is 12.9. The molecule has 1 heterocycles. The van der Waals surface area contributed by atoms with Gasteiger partial charge >= 0.3 is 6.03 Å². The van der Waals surface area contributed by atoms with Crippen molar-refractivity contribution >= 4 is 35.0 Å². The Morgan fingerprint density at radius 2 is 1.74 bits per heavy atom. The number of hydrogen-bond acceptors (Lipinski definition) is 4. The fraction of sp³-hybridized carbons (Fsp3) is 0.450. The summed E-state index contributed by atoms with van der Waals surface area (Å²) in [5.41, 5.74) is 11.8. The van der Waals surface area contributed by atoms with Gasteiger partial charge in [0.15, 0.2) is 0 Å². The Morgan fingerprint density at radius 1 is 1.15 bits per heavy atom. The molecule has 2 aliphatic carbocycles. The first-order valence-electron chi connectivity index (χ1n) is 9.29. The van der Waals surface area contributed by atoms with Crippen molar-refractivity contribution in [2.24, 2.45) is 10.9 Å². The van der Waals surface area contributed by atoms with Crippen molar-refractivity contribution in [1.29, 1.82) is 0 Å². The van der Waals surface area contributed by atoms with Gasteiger partial charge < -0.3 is 11.1 Å². The molecule has 27 heavy (non-hydrogen) atoms. The topological polar surface area (TPSA) is 81.1 Å². The van der Waals surface area contributed by atoms with E-state index in [0.29, 0.717) is 10.1 Å². The van der Waals surface area contributed by atoms with Crippen LogP contribution in [-0.4, -0.2) is 6.03 Å². The summed E-state index contributed by atoms with van der Waals surface area (Å²) < 4.78 is 13.5. The monoisotopic (exact) mass is 407 g/mol. The molecule has 2 aliphatic rings. The minimum absolute atomic E-state index is 0.189. The highest BCUT2D eigenvalue weighted by Gasteiger charge is 2.24. The highest BCUT2D eigenvalue weighted by atomic mass is 32.2. The number of rotatable bonds is 3. The van der Waals surface area contributed by atoms with Gasteiger partial charge in [-0.05, 0) is 84.7 Å². The van der Waals surface area contributed by atoms with Gasteiger partial charge in [-0.2, -0.15) is 0 Å². The van der Waals surface area contributed by atoms with Crippen LogP contribution in [0.3, 0.4) is 0 Å². The lowest BCUT2D eigenvalue weighted by Crippen LogP contribution is -2.21. The number of carbonyl (C=O) groups is 1. The SMILES string of the molecule is CC(C)c1cc(F)c(SN)s1.NC(=O)Nc1c2c(cc3c1CCC3)CCC2. The van der Waals surface area contributed by atoms with Gasteiger partial charge in [-0.15, -0.1) is 11.3 Å². The number of urea groups is 1. The van der Waals surface area contributed by atoms with E-state index in [1.807, 2.05) is 13.8 Å². The smallest absolute Gasteiger partial charge is 0.316 e. The number of anilines is 1. The molecule has 7 heteroatoms. The number of amides is 2. The van der Waals surface area contributed by atoms with E-state index in [-0.39, 0.29) is 5.82 Å². The number of nitrogens with two attached hydrogens (primary N) is 2. The zero-order valence-corrected chi connectivity index (χ0v) is 17.4. The van der Waals surface area contributed by atoms with E-state index in [1.165, 1.54) is 46.4 Å². The first kappa shape index (κ1) is 20.2. The molecule has 0 unspecified atom stereocenters. The van der Waals surface area contributed by atoms with Crippen LogP contribution in [0.5, 0.6) is 0 Å². The number of carbonyl (C=O) groups excluding carboxylic acids is 1. The molecule has 0 saturated heterocycles. The summed E-state index contributed by atoms with van der Waals surface area (Å²) in [6.45, 7) is 4.08. The van der Waals surface area contributed by atoms with Gasteiger partial charge in [0, 0.05) is 10.6 Å². The molecule has 0 atom stereocenters. The summed E-state index contributed by atoms with van der Waals surface area (Å²) in [5, 5.41) is 8.10. The fourth-order valence-corrected chi connectivity index (χ4v) is 5.25. The number of benzene rings is 1. The van der Waals surface area contributed by atoms with Gasteiger partial charge in [-0.25, -0.2) is 9.18 Å². The highest BCUT2D eigenvalue weighted by molar-refractivity contribution is 7.99. The van der Waals surface area contributed by atoms with Crippen molar-refractivity contribution in [2.75, 3.05) is 5.32 Å². The van der Waals surface area contributed by atoms with Crippen LogP contribution in [0.4, 0.5) is 14.9 Å². The van der Waals surface area contributed by atoms with Gasteiger partial charge in [-0.3, -0.25) is 5.14 Å². The predicted molar refractivity (Wildman–Crippen MR) is 112 cm³/mol. The van der Waals surface area contributed by atoms with Gasteiger partial charge in [-0.1, -0.05) is 19.9 Å². The Kier molecular flexibility index (Phi) is 6.44. The fourth-order valence-electron chi connectivity index (χ4n) is 3.82. The molecule has 146 valence electrons. The molecule has 0 aliphatic heterocycles. The number of thiophene rings is 1. The van der Waals surface area contributed by atoms with Gasteiger partial charge in [0.1, 0.15) is 10.0 Å². The quantitative estimate of drug-likeness (QED) is 0.617. The minimum Gasteiger partial charge on any atom is -0.351 e. The molecule has 4 rings (SSSR count). The first-order valence-corrected chi connectivity index (χ1v) is 11.0. The van der Waals surface area contributed by atoms with Crippen LogP contribution >= 0.6 is 23.3 Å². The molecule has 0 fully saturated rings. The second-order valence-corrected chi connectivity index (χ2v) is 9.27. The molecule has 1 aromatic carbocycles. The van der Waals surface area contributed by atoms with E-state index in [4.69, 9.17) is 10.9 Å². The van der Waals surface area contributed by atoms with Crippen molar-refractivity contribution in [2.45, 2.75) is 62.5 Å². The molecule has 5 N–H and O–H groups in total. The van der Waals surface area contributed by atoms with Crippen LogP contribution in [-0.2, 0) is 25.7 Å². The van der Waals surface area contributed by atoms with Gasteiger partial charge in [0.2, 0.25) is 0 Å². The zero-order valence-electron chi connectivity index (χ0n) is 15.7. The second-order valence-electron chi connectivity index (χ2n) is 7.28. The second kappa shape index (κ2) is 8.63. The third-order valence-electron chi connectivity index (χ3n) is 5.07. The Balaban J connectivity index is 0.000000168. The standard InChI is InChI=1S/C13H16N2O.C7H10FNS2/c14-13(16)15-12-10-5-1-3-8(10)7-9-4-2-6-11(9)12;1-4(2)6-3-5(8)7(10-6)11-9/h7H,1-6H2,(H3,14,15,16);3-4H,9H2,1-2H3. The van der Waals surface area contributed by atoms with Crippen LogP contribution in [0, 0.1) is 5.82 Å². The van der Waals surface area contributed by atoms with E-state index in [0.717, 1.165) is 48.2 Å². The summed E-state index contributed by atoms with van der Waals surface area (Å²) in [6, 6.07) is 3.47. The number of primary amides is 1. The molecular formula is C20H26FN3OS2. The lowest BCUT2D eigenvalue weighted by Gasteiger charge is -2.14. The molecule has 4 nitrogen and oxygen atoms in total. The summed E-state index contributed by atoms with van der Waals surface area (Å²) in [5.74, 6) is 0.196. The largest absolute Gasteiger partial charge is 0.351 e. The lowest BCUT2D eigenvalue weighted by atomic mass is 9.99. The summed E-state index contributed by atoms with van der Waals surface area (Å²) in [6.07, 6.45) is 6.86. The van der Waals surface area contributed by atoms with Crippen molar-refractivity contribution in [1.82, 2.24) is 0 Å². The number of hydrogen-bond donors (Lipinski definition) is 3. The highest BCUT2D eigenvalue weighted by Crippen LogP contribution is 2.38. The number of aryl methyl sites for hydroxylation is 2. The Labute approximate surface area is 168 Å². The molecule has 2 aromatic rings. The summed E-state index contributed by atoms with van der Waals surface area (Å²) >= 11 is 2.41. The molecule has 0 saturated carbocycles. The Hall–Kier alpha value is -1.57. The molecule has 0 spiro atoms. The average molecular weight is 408 g/mol. The Bertz CT molecular complexity index is 816. The van der Waals surface area contributed by atoms with Crippen molar-refractivity contribution in [3.05, 3.63) is 45.1 Å².